The SMILES string of the molecule is BrC(CCCCc1ccccn1)c1ccccn1. The van der Waals surface area contributed by atoms with Gasteiger partial charge in [0.1, 0.15) is 0 Å². The summed E-state index contributed by atoms with van der Waals surface area (Å²) in [4.78, 5) is 9.05. The van der Waals surface area contributed by atoms with Gasteiger partial charge in [-0.1, -0.05) is 34.5 Å². The molecule has 0 saturated carbocycles. The van der Waals surface area contributed by atoms with Gasteiger partial charge >= 0.3 is 0 Å². The summed E-state index contributed by atoms with van der Waals surface area (Å²) in [6.07, 6.45) is 8.23. The average molecular weight is 305 g/mol. The second-order valence-electron chi connectivity index (χ2n) is 4.29. The minimum absolute atomic E-state index is 0.363. The fourth-order valence-corrected chi connectivity index (χ4v) is 2.48. The quantitative estimate of drug-likeness (QED) is 0.586. The van der Waals surface area contributed by atoms with Gasteiger partial charge < -0.3 is 0 Å². The molecule has 0 aromatic carbocycles. The summed E-state index contributed by atoms with van der Waals surface area (Å²) in [6.45, 7) is 0. The normalized spacial score (nSPS) is 12.3. The highest BCUT2D eigenvalue weighted by Gasteiger charge is 2.07. The van der Waals surface area contributed by atoms with Gasteiger partial charge in [-0.15, -0.1) is 0 Å². The number of pyridine rings is 2. The zero-order valence-electron chi connectivity index (χ0n) is 10.3. The number of halogens is 1. The molecule has 0 bridgehead atoms. The molecule has 0 radical (unpaired) electrons. The van der Waals surface area contributed by atoms with E-state index in [0.717, 1.165) is 18.5 Å². The van der Waals surface area contributed by atoms with Crippen LogP contribution in [0.15, 0.2) is 48.8 Å². The van der Waals surface area contributed by atoms with E-state index < -0.39 is 0 Å². The summed E-state index contributed by atoms with van der Waals surface area (Å²) < 4.78 is 0. The molecule has 0 aliphatic rings. The van der Waals surface area contributed by atoms with Gasteiger partial charge in [-0.25, -0.2) is 0 Å². The van der Waals surface area contributed by atoms with E-state index in [0.29, 0.717) is 4.83 Å². The Labute approximate surface area is 117 Å². The van der Waals surface area contributed by atoms with Crippen LogP contribution in [0.1, 0.15) is 35.5 Å². The lowest BCUT2D eigenvalue weighted by atomic mass is 10.1. The van der Waals surface area contributed by atoms with Crippen molar-refractivity contribution in [1.29, 1.82) is 0 Å². The molecule has 0 saturated heterocycles. The van der Waals surface area contributed by atoms with Crippen LogP contribution in [-0.2, 0) is 6.42 Å². The van der Waals surface area contributed by atoms with E-state index in [2.05, 4.69) is 38.0 Å². The summed E-state index contributed by atoms with van der Waals surface area (Å²) >= 11 is 3.69. The van der Waals surface area contributed by atoms with E-state index in [1.54, 1.807) is 0 Å². The molecule has 2 nitrogen and oxygen atoms in total. The molecule has 2 rings (SSSR count). The zero-order valence-corrected chi connectivity index (χ0v) is 11.9. The van der Waals surface area contributed by atoms with Crippen LogP contribution in [0.5, 0.6) is 0 Å². The molecule has 1 unspecified atom stereocenters. The Morgan fingerprint density at radius 2 is 1.72 bits per heavy atom. The second kappa shape index (κ2) is 7.27. The number of hydrogen-bond donors (Lipinski definition) is 0. The maximum atomic E-state index is 4.36. The number of unbranched alkanes of at least 4 members (excludes halogenated alkanes) is 1. The molecule has 18 heavy (non-hydrogen) atoms. The maximum absolute atomic E-state index is 4.36. The molecule has 0 aliphatic carbocycles. The summed E-state index contributed by atoms with van der Waals surface area (Å²) in [7, 11) is 0. The Hall–Kier alpha value is -1.22. The Morgan fingerprint density at radius 3 is 2.39 bits per heavy atom. The Balaban J connectivity index is 1.70. The topological polar surface area (TPSA) is 25.8 Å². The van der Waals surface area contributed by atoms with E-state index >= 15 is 0 Å². The standard InChI is InChI=1S/C15H17BrN2/c16-14(15-10-4-6-12-18-15)9-2-1-7-13-8-3-5-11-17-13/h3-6,8,10-12,14H,1-2,7,9H2. The van der Waals surface area contributed by atoms with Gasteiger partial charge in [-0.2, -0.15) is 0 Å². The molecule has 0 fully saturated rings. The molecule has 2 aromatic heterocycles. The Kier molecular flexibility index (Phi) is 5.34. The fraction of sp³-hybridized carbons (Fsp3) is 0.333. The van der Waals surface area contributed by atoms with Crippen LogP contribution in [-0.4, -0.2) is 9.97 Å². The molecule has 0 aliphatic heterocycles. The van der Waals surface area contributed by atoms with E-state index in [9.17, 15) is 0 Å². The van der Waals surface area contributed by atoms with Crippen molar-refractivity contribution >= 4 is 15.9 Å². The van der Waals surface area contributed by atoms with Crippen molar-refractivity contribution in [3.63, 3.8) is 0 Å². The zero-order chi connectivity index (χ0) is 12.6. The van der Waals surface area contributed by atoms with Crippen molar-refractivity contribution in [3.8, 4) is 0 Å². The number of nitrogens with zero attached hydrogens (tertiary/aromatic N) is 2. The van der Waals surface area contributed by atoms with Crippen molar-refractivity contribution in [2.24, 2.45) is 0 Å². The summed E-state index contributed by atoms with van der Waals surface area (Å²) in [5.41, 5.74) is 2.30. The third-order valence-corrected chi connectivity index (χ3v) is 3.80. The van der Waals surface area contributed by atoms with Gasteiger partial charge in [-0.05, 0) is 43.5 Å². The molecule has 2 aromatic rings. The fourth-order valence-electron chi connectivity index (χ4n) is 1.88. The smallest absolute Gasteiger partial charge is 0.0568 e. The third kappa shape index (κ3) is 4.22. The first-order chi connectivity index (χ1) is 8.86. The van der Waals surface area contributed by atoms with Gasteiger partial charge in [0.25, 0.3) is 0 Å². The summed E-state index contributed by atoms with van der Waals surface area (Å²) in [6, 6.07) is 12.1. The molecule has 0 amide bonds. The van der Waals surface area contributed by atoms with Gasteiger partial charge in [-0.3, -0.25) is 9.97 Å². The molecule has 3 heteroatoms. The van der Waals surface area contributed by atoms with Crippen LogP contribution in [0.3, 0.4) is 0 Å². The van der Waals surface area contributed by atoms with Crippen molar-refractivity contribution in [3.05, 3.63) is 60.2 Å². The van der Waals surface area contributed by atoms with Crippen LogP contribution in [0.2, 0.25) is 0 Å². The van der Waals surface area contributed by atoms with E-state index in [-0.39, 0.29) is 0 Å². The average Bonchev–Trinajstić information content (AvgIpc) is 2.45. The number of alkyl halides is 1. The molecular weight excluding hydrogens is 288 g/mol. The van der Waals surface area contributed by atoms with Gasteiger partial charge in [0, 0.05) is 18.1 Å². The van der Waals surface area contributed by atoms with E-state index in [1.165, 1.54) is 18.5 Å². The van der Waals surface area contributed by atoms with Crippen LogP contribution in [0.25, 0.3) is 0 Å². The molecule has 2 heterocycles. The van der Waals surface area contributed by atoms with Crippen molar-refractivity contribution in [1.82, 2.24) is 9.97 Å². The minimum Gasteiger partial charge on any atom is -0.261 e. The number of rotatable bonds is 6. The highest BCUT2D eigenvalue weighted by molar-refractivity contribution is 9.09. The first kappa shape index (κ1) is 13.2. The second-order valence-corrected chi connectivity index (χ2v) is 5.39. The van der Waals surface area contributed by atoms with Gasteiger partial charge in [0.05, 0.1) is 10.5 Å². The van der Waals surface area contributed by atoms with Crippen molar-refractivity contribution in [2.75, 3.05) is 0 Å². The van der Waals surface area contributed by atoms with Crippen molar-refractivity contribution in [2.45, 2.75) is 30.5 Å². The van der Waals surface area contributed by atoms with Crippen LogP contribution < -0.4 is 0 Å². The first-order valence-corrected chi connectivity index (χ1v) is 7.23. The number of aromatic nitrogens is 2. The lowest BCUT2D eigenvalue weighted by molar-refractivity contribution is 0.662. The maximum Gasteiger partial charge on any atom is 0.0568 e. The lowest BCUT2D eigenvalue weighted by Crippen LogP contribution is -1.95. The minimum atomic E-state index is 0.363. The molecule has 0 N–H and O–H groups in total. The van der Waals surface area contributed by atoms with E-state index in [1.807, 2.05) is 36.7 Å². The highest BCUT2D eigenvalue weighted by Crippen LogP contribution is 2.26. The van der Waals surface area contributed by atoms with Crippen LogP contribution in [0, 0.1) is 0 Å². The predicted octanol–water partition coefficient (Wildman–Crippen LogP) is 4.33. The van der Waals surface area contributed by atoms with Gasteiger partial charge in [0.15, 0.2) is 0 Å². The molecular formula is C15H17BrN2. The lowest BCUT2D eigenvalue weighted by Gasteiger charge is -2.08. The van der Waals surface area contributed by atoms with Crippen LogP contribution in [0.4, 0.5) is 0 Å². The molecule has 94 valence electrons. The summed E-state index contributed by atoms with van der Waals surface area (Å²) in [5, 5.41) is 0. The van der Waals surface area contributed by atoms with Crippen molar-refractivity contribution < 1.29 is 0 Å². The van der Waals surface area contributed by atoms with E-state index in [4.69, 9.17) is 0 Å². The predicted molar refractivity (Wildman–Crippen MR) is 77.7 cm³/mol. The first-order valence-electron chi connectivity index (χ1n) is 6.31. The molecule has 1 atom stereocenters. The Morgan fingerprint density at radius 1 is 0.944 bits per heavy atom. The van der Waals surface area contributed by atoms with Crippen LogP contribution >= 0.6 is 15.9 Å². The monoisotopic (exact) mass is 304 g/mol. The Bertz CT molecular complexity index is 445. The number of hydrogen-bond acceptors (Lipinski definition) is 2. The highest BCUT2D eigenvalue weighted by atomic mass is 79.9. The largest absolute Gasteiger partial charge is 0.261 e. The number of aryl methyl sites for hydroxylation is 1. The molecule has 0 spiro atoms. The van der Waals surface area contributed by atoms with Gasteiger partial charge in [0.2, 0.25) is 0 Å². The summed E-state index contributed by atoms with van der Waals surface area (Å²) in [5.74, 6) is 0. The third-order valence-electron chi connectivity index (χ3n) is 2.88.